The summed E-state index contributed by atoms with van der Waals surface area (Å²) in [5.74, 6) is -0.712. The van der Waals surface area contributed by atoms with Crippen LogP contribution in [0.1, 0.15) is 57.8 Å². The molecule has 0 saturated carbocycles. The molecule has 3 unspecified atom stereocenters. The lowest BCUT2D eigenvalue weighted by Crippen LogP contribution is -2.29. The predicted octanol–water partition coefficient (Wildman–Crippen LogP) is 4.74. The van der Waals surface area contributed by atoms with Gasteiger partial charge in [-0.05, 0) is 43.2 Å². The zero-order valence-electron chi connectivity index (χ0n) is 18.0. The lowest BCUT2D eigenvalue weighted by Gasteiger charge is -2.26. The highest BCUT2D eigenvalue weighted by molar-refractivity contribution is 7.00. The molecule has 28 heavy (non-hydrogen) atoms. The summed E-state index contributed by atoms with van der Waals surface area (Å²) in [6, 6.07) is 5.13. The average Bonchev–Trinajstić information content (AvgIpc) is 2.65. The molecule has 0 spiro atoms. The first-order chi connectivity index (χ1) is 13.1. The third kappa shape index (κ3) is 7.97. The van der Waals surface area contributed by atoms with Crippen molar-refractivity contribution in [2.45, 2.75) is 47.5 Å². The number of ether oxygens (including phenoxy) is 3. The summed E-state index contributed by atoms with van der Waals surface area (Å²) in [7, 11) is 4.15. The Kier molecular flexibility index (Phi) is 11.6. The third-order valence-corrected chi connectivity index (χ3v) is 4.16. The Morgan fingerprint density at radius 1 is 1.07 bits per heavy atom. The van der Waals surface area contributed by atoms with Crippen molar-refractivity contribution in [3.05, 3.63) is 23.8 Å². The number of benzene rings is 1. The van der Waals surface area contributed by atoms with E-state index in [2.05, 4.69) is 27.7 Å². The number of esters is 1. The van der Waals surface area contributed by atoms with E-state index in [0.29, 0.717) is 23.5 Å². The second-order valence-corrected chi connectivity index (χ2v) is 7.81. The lowest BCUT2D eigenvalue weighted by molar-refractivity contribution is -0.146. The zero-order chi connectivity index (χ0) is 21.9. The highest BCUT2D eigenvalue weighted by Crippen LogP contribution is 2.34. The van der Waals surface area contributed by atoms with Crippen LogP contribution in [0.2, 0.25) is 0 Å². The molecule has 0 bridgehead atoms. The number of methoxy groups -OCH3 is 2. The number of ketones is 1. The molecule has 1 aromatic carbocycles. The van der Waals surface area contributed by atoms with Crippen molar-refractivity contribution in [2.24, 2.45) is 17.3 Å². The minimum atomic E-state index is -0.877. The molecule has 1 rings (SSSR count). The van der Waals surface area contributed by atoms with Crippen LogP contribution >= 0.6 is 9.12 Å². The van der Waals surface area contributed by atoms with Crippen LogP contribution in [0.5, 0.6) is 11.5 Å². The highest BCUT2D eigenvalue weighted by Gasteiger charge is 2.34. The molecular formula is C21H34O6P+. The van der Waals surface area contributed by atoms with Gasteiger partial charge in [-0.2, -0.15) is 0 Å². The monoisotopic (exact) mass is 413 g/mol. The number of rotatable bonds is 9. The van der Waals surface area contributed by atoms with Crippen molar-refractivity contribution in [3.63, 3.8) is 0 Å². The molecule has 158 valence electrons. The first kappa shape index (κ1) is 26.1. The Labute approximate surface area is 170 Å². The molecule has 0 amide bonds. The van der Waals surface area contributed by atoms with Gasteiger partial charge in [0.2, 0.25) is 0 Å². The predicted molar refractivity (Wildman–Crippen MR) is 112 cm³/mol. The molecule has 0 radical (unpaired) electrons. The summed E-state index contributed by atoms with van der Waals surface area (Å²) in [6.45, 7) is 10.5. The van der Waals surface area contributed by atoms with E-state index in [9.17, 15) is 9.59 Å². The van der Waals surface area contributed by atoms with Gasteiger partial charge in [0.15, 0.2) is 5.78 Å². The average molecular weight is 413 g/mol. The molecule has 1 aromatic rings. The fourth-order valence-corrected chi connectivity index (χ4v) is 3.35. The Bertz CT molecular complexity index is 616. The van der Waals surface area contributed by atoms with Crippen LogP contribution < -0.4 is 9.47 Å². The van der Waals surface area contributed by atoms with E-state index in [1.165, 1.54) is 23.3 Å². The molecule has 0 aliphatic rings. The highest BCUT2D eigenvalue weighted by atomic mass is 31.0. The first-order valence-corrected chi connectivity index (χ1v) is 9.77. The Morgan fingerprint density at radius 3 is 1.96 bits per heavy atom. The van der Waals surface area contributed by atoms with Crippen LogP contribution in [0.4, 0.5) is 0 Å². The van der Waals surface area contributed by atoms with Gasteiger partial charge in [0.25, 0.3) is 0 Å². The van der Waals surface area contributed by atoms with E-state index < -0.39 is 11.9 Å². The first-order valence-electron chi connectivity index (χ1n) is 9.30. The van der Waals surface area contributed by atoms with Gasteiger partial charge in [0.1, 0.15) is 23.0 Å². The maximum Gasteiger partial charge on any atom is 0.316 e. The molecule has 7 heteroatoms. The van der Waals surface area contributed by atoms with E-state index in [0.717, 1.165) is 6.42 Å². The SMILES string of the molecule is CCOC(=O)C(CC(C)CC(C)(C)C)C(=O)c1c(OC)cccc1OC.O=[PH2+]. The maximum absolute atomic E-state index is 13.3. The minimum Gasteiger partial charge on any atom is -0.496 e. The smallest absolute Gasteiger partial charge is 0.316 e. The van der Waals surface area contributed by atoms with Crippen molar-refractivity contribution in [3.8, 4) is 11.5 Å². The molecule has 0 N–H and O–H groups in total. The second-order valence-electron chi connectivity index (χ2n) is 7.81. The number of carbonyl (C=O) groups is 2. The summed E-state index contributed by atoms with van der Waals surface area (Å²) in [5.41, 5.74) is 0.405. The van der Waals surface area contributed by atoms with Crippen LogP contribution in [-0.4, -0.2) is 32.6 Å². The van der Waals surface area contributed by atoms with Crippen LogP contribution in [0.3, 0.4) is 0 Å². The fourth-order valence-electron chi connectivity index (χ4n) is 3.35. The van der Waals surface area contributed by atoms with Crippen molar-refractivity contribution in [2.75, 3.05) is 20.8 Å². The van der Waals surface area contributed by atoms with Crippen LogP contribution in [0.15, 0.2) is 18.2 Å². The number of Topliss-reactive ketones (excluding diaryl/α,β-unsaturated/α-hetero) is 1. The minimum absolute atomic E-state index is 0.115. The summed E-state index contributed by atoms with van der Waals surface area (Å²) in [4.78, 5) is 25.8. The van der Waals surface area contributed by atoms with E-state index >= 15 is 0 Å². The molecule has 6 nitrogen and oxygen atoms in total. The van der Waals surface area contributed by atoms with E-state index in [4.69, 9.17) is 18.8 Å². The molecular weight excluding hydrogens is 379 g/mol. The van der Waals surface area contributed by atoms with Gasteiger partial charge in [-0.3, -0.25) is 9.59 Å². The molecule has 3 atom stereocenters. The fraction of sp³-hybridized carbons (Fsp3) is 0.619. The maximum atomic E-state index is 13.3. The molecule has 0 saturated heterocycles. The zero-order valence-corrected chi connectivity index (χ0v) is 19.2. The van der Waals surface area contributed by atoms with E-state index in [-0.39, 0.29) is 23.7 Å². The number of carbonyl (C=O) groups excluding carboxylic acids is 2. The molecule has 0 aliphatic carbocycles. The summed E-state index contributed by atoms with van der Waals surface area (Å²) < 4.78 is 24.0. The normalized spacial score (nSPS) is 12.8. The van der Waals surface area contributed by atoms with Gasteiger partial charge in [-0.15, -0.1) is 0 Å². The van der Waals surface area contributed by atoms with Gasteiger partial charge in [0, 0.05) is 0 Å². The third-order valence-electron chi connectivity index (χ3n) is 4.16. The topological polar surface area (TPSA) is 78.9 Å². The van der Waals surface area contributed by atoms with Gasteiger partial charge < -0.3 is 14.2 Å². The number of hydrogen-bond acceptors (Lipinski definition) is 6. The standard InChI is InChI=1S/C21H32O5.H2OP/c1-8-26-20(23)15(12-14(2)13-21(3,4)5)19(22)18-16(24-6)10-9-11-17(18)25-7;1-2/h9-11,14-15H,8,12-13H2,1-7H3;2H2/q;+1. The summed E-state index contributed by atoms with van der Waals surface area (Å²) in [5, 5.41) is 0. The molecule has 0 aromatic heterocycles. The Hall–Kier alpha value is -1.94. The van der Waals surface area contributed by atoms with E-state index in [1.54, 1.807) is 25.1 Å². The molecule has 0 heterocycles. The van der Waals surface area contributed by atoms with Crippen LogP contribution in [0, 0.1) is 17.3 Å². The molecule has 0 fully saturated rings. The quantitative estimate of drug-likeness (QED) is 0.252. The van der Waals surface area contributed by atoms with Gasteiger partial charge >= 0.3 is 15.1 Å². The number of hydrogen-bond donors (Lipinski definition) is 0. The second kappa shape index (κ2) is 12.5. The van der Waals surface area contributed by atoms with Crippen LogP contribution in [0.25, 0.3) is 0 Å². The Balaban J connectivity index is 0.00000352. The van der Waals surface area contributed by atoms with Crippen molar-refractivity contribution >= 4 is 20.9 Å². The largest absolute Gasteiger partial charge is 0.496 e. The lowest BCUT2D eigenvalue weighted by atomic mass is 9.80. The van der Waals surface area contributed by atoms with Crippen LogP contribution in [-0.2, 0) is 14.1 Å². The Morgan fingerprint density at radius 2 is 1.57 bits per heavy atom. The van der Waals surface area contributed by atoms with Crippen molar-refractivity contribution < 1.29 is 28.4 Å². The van der Waals surface area contributed by atoms with Gasteiger partial charge in [-0.1, -0.05) is 38.3 Å². The molecule has 0 aliphatic heterocycles. The summed E-state index contributed by atoms with van der Waals surface area (Å²) >= 11 is 0. The van der Waals surface area contributed by atoms with E-state index in [1.807, 2.05) is 0 Å². The van der Waals surface area contributed by atoms with Gasteiger partial charge in [-0.25, -0.2) is 0 Å². The van der Waals surface area contributed by atoms with Gasteiger partial charge in [0.05, 0.1) is 20.8 Å². The van der Waals surface area contributed by atoms with Crippen molar-refractivity contribution in [1.29, 1.82) is 0 Å². The summed E-state index contributed by atoms with van der Waals surface area (Å²) in [6.07, 6.45) is 1.33. The van der Waals surface area contributed by atoms with Crippen molar-refractivity contribution in [1.82, 2.24) is 0 Å².